The maximum absolute atomic E-state index is 12.0. The van der Waals surface area contributed by atoms with E-state index in [2.05, 4.69) is 26.5 Å². The molecule has 0 saturated heterocycles. The SMILES string of the molecule is O=C(N/N=C\c1ccc(-c2ccc(Br)cc2)o1)c1ccc(Cl)c(Cl)c1. The Bertz CT molecular complexity index is 937. The van der Waals surface area contributed by atoms with Gasteiger partial charge in [-0.2, -0.15) is 5.10 Å². The number of hydrogen-bond donors (Lipinski definition) is 1. The summed E-state index contributed by atoms with van der Waals surface area (Å²) in [6, 6.07) is 16.0. The molecule has 1 amide bonds. The molecular formula is C18H11BrCl2N2O2. The molecule has 7 heteroatoms. The van der Waals surface area contributed by atoms with Crippen molar-refractivity contribution in [1.29, 1.82) is 0 Å². The Kier molecular flexibility index (Phi) is 5.58. The normalized spacial score (nSPS) is 11.0. The lowest BCUT2D eigenvalue weighted by Crippen LogP contribution is -2.17. The van der Waals surface area contributed by atoms with Crippen molar-refractivity contribution in [2.24, 2.45) is 5.10 Å². The zero-order chi connectivity index (χ0) is 17.8. The average Bonchev–Trinajstić information content (AvgIpc) is 3.06. The Hall–Kier alpha value is -2.08. The number of carbonyl (C=O) groups excluding carboxylic acids is 1. The first-order valence-corrected chi connectivity index (χ1v) is 8.72. The first-order chi connectivity index (χ1) is 12.0. The van der Waals surface area contributed by atoms with Crippen LogP contribution in [0, 0.1) is 0 Å². The zero-order valence-corrected chi connectivity index (χ0v) is 15.8. The molecule has 3 rings (SSSR count). The van der Waals surface area contributed by atoms with Gasteiger partial charge in [0, 0.05) is 15.6 Å². The number of rotatable bonds is 4. The van der Waals surface area contributed by atoms with Crippen molar-refractivity contribution in [2.75, 3.05) is 0 Å². The quantitative estimate of drug-likeness (QED) is 0.415. The fourth-order valence-electron chi connectivity index (χ4n) is 2.05. The lowest BCUT2D eigenvalue weighted by atomic mass is 10.2. The highest BCUT2D eigenvalue weighted by atomic mass is 79.9. The zero-order valence-electron chi connectivity index (χ0n) is 12.7. The van der Waals surface area contributed by atoms with Crippen LogP contribution in [-0.4, -0.2) is 12.1 Å². The second-order valence-electron chi connectivity index (χ2n) is 5.04. The van der Waals surface area contributed by atoms with Gasteiger partial charge in [0.2, 0.25) is 0 Å². The van der Waals surface area contributed by atoms with Gasteiger partial charge in [-0.15, -0.1) is 0 Å². The van der Waals surface area contributed by atoms with Crippen LogP contribution in [0.3, 0.4) is 0 Å². The van der Waals surface area contributed by atoms with Gasteiger partial charge in [-0.05, 0) is 42.5 Å². The summed E-state index contributed by atoms with van der Waals surface area (Å²) in [6.45, 7) is 0. The average molecular weight is 438 g/mol. The highest BCUT2D eigenvalue weighted by Gasteiger charge is 2.07. The Morgan fingerprint density at radius 1 is 1.04 bits per heavy atom. The summed E-state index contributed by atoms with van der Waals surface area (Å²) in [5, 5.41) is 4.58. The summed E-state index contributed by atoms with van der Waals surface area (Å²) in [5.74, 6) is 0.839. The van der Waals surface area contributed by atoms with Crippen LogP contribution in [-0.2, 0) is 0 Å². The second-order valence-corrected chi connectivity index (χ2v) is 6.77. The van der Waals surface area contributed by atoms with Crippen LogP contribution in [0.4, 0.5) is 0 Å². The lowest BCUT2D eigenvalue weighted by Gasteiger charge is -2.01. The summed E-state index contributed by atoms with van der Waals surface area (Å²) in [6.07, 6.45) is 1.43. The van der Waals surface area contributed by atoms with E-state index in [1.165, 1.54) is 12.3 Å². The van der Waals surface area contributed by atoms with E-state index in [1.807, 2.05) is 30.3 Å². The number of hydrogen-bond acceptors (Lipinski definition) is 3. The molecule has 4 nitrogen and oxygen atoms in total. The first kappa shape index (κ1) is 17.7. The third-order valence-corrected chi connectivity index (χ3v) is 4.56. The van der Waals surface area contributed by atoms with Gasteiger partial charge in [0.15, 0.2) is 0 Å². The number of carbonyl (C=O) groups is 1. The molecule has 0 unspecified atom stereocenters. The van der Waals surface area contributed by atoms with Crippen molar-refractivity contribution in [3.05, 3.63) is 80.4 Å². The van der Waals surface area contributed by atoms with Crippen LogP contribution in [0.25, 0.3) is 11.3 Å². The van der Waals surface area contributed by atoms with E-state index in [0.717, 1.165) is 10.0 Å². The molecule has 1 N–H and O–H groups in total. The Balaban J connectivity index is 1.65. The first-order valence-electron chi connectivity index (χ1n) is 7.17. The fraction of sp³-hybridized carbons (Fsp3) is 0. The standard InChI is InChI=1S/C18H11BrCl2N2O2/c19-13-4-1-11(2-5-13)17-8-6-14(25-17)10-22-23-18(24)12-3-7-15(20)16(21)9-12/h1-10H,(H,23,24)/b22-10-. The minimum atomic E-state index is -0.394. The van der Waals surface area contributed by atoms with E-state index in [9.17, 15) is 4.79 Å². The molecule has 0 bridgehead atoms. The van der Waals surface area contributed by atoms with Gasteiger partial charge >= 0.3 is 0 Å². The predicted molar refractivity (Wildman–Crippen MR) is 103 cm³/mol. The Morgan fingerprint density at radius 2 is 1.80 bits per heavy atom. The predicted octanol–water partition coefficient (Wildman–Crippen LogP) is 5.78. The molecular weight excluding hydrogens is 427 g/mol. The molecule has 3 aromatic rings. The van der Waals surface area contributed by atoms with Crippen LogP contribution in [0.15, 0.2) is 68.6 Å². The van der Waals surface area contributed by atoms with Gasteiger partial charge in [0.25, 0.3) is 5.91 Å². The monoisotopic (exact) mass is 436 g/mol. The summed E-state index contributed by atoms with van der Waals surface area (Å²) >= 11 is 15.1. The number of amides is 1. The van der Waals surface area contributed by atoms with Crippen molar-refractivity contribution in [2.45, 2.75) is 0 Å². The molecule has 2 aromatic carbocycles. The molecule has 0 aliphatic carbocycles. The van der Waals surface area contributed by atoms with Crippen molar-refractivity contribution in [3.8, 4) is 11.3 Å². The van der Waals surface area contributed by atoms with Gasteiger partial charge in [-0.1, -0.05) is 51.3 Å². The summed E-state index contributed by atoms with van der Waals surface area (Å²) in [5.41, 5.74) is 3.72. The minimum Gasteiger partial charge on any atom is -0.455 e. The molecule has 0 radical (unpaired) electrons. The molecule has 25 heavy (non-hydrogen) atoms. The van der Waals surface area contributed by atoms with Gasteiger partial charge in [0.05, 0.1) is 16.3 Å². The molecule has 0 fully saturated rings. The van der Waals surface area contributed by atoms with E-state index in [-0.39, 0.29) is 0 Å². The van der Waals surface area contributed by atoms with Crippen LogP contribution < -0.4 is 5.43 Å². The van der Waals surface area contributed by atoms with E-state index in [1.54, 1.807) is 18.2 Å². The molecule has 0 aliphatic rings. The van der Waals surface area contributed by atoms with E-state index < -0.39 is 5.91 Å². The van der Waals surface area contributed by atoms with Gasteiger partial charge in [-0.3, -0.25) is 4.79 Å². The highest BCUT2D eigenvalue weighted by Crippen LogP contribution is 2.24. The van der Waals surface area contributed by atoms with E-state index in [0.29, 0.717) is 27.1 Å². The topological polar surface area (TPSA) is 54.6 Å². The Labute approximate surface area is 162 Å². The van der Waals surface area contributed by atoms with Gasteiger partial charge in [0.1, 0.15) is 11.5 Å². The van der Waals surface area contributed by atoms with Crippen LogP contribution >= 0.6 is 39.1 Å². The highest BCUT2D eigenvalue weighted by molar-refractivity contribution is 9.10. The molecule has 1 heterocycles. The third-order valence-electron chi connectivity index (χ3n) is 3.30. The van der Waals surface area contributed by atoms with Crippen molar-refractivity contribution >= 4 is 51.3 Å². The number of hydrazone groups is 1. The van der Waals surface area contributed by atoms with Crippen molar-refractivity contribution in [1.82, 2.24) is 5.43 Å². The van der Waals surface area contributed by atoms with Crippen molar-refractivity contribution in [3.63, 3.8) is 0 Å². The maximum atomic E-state index is 12.0. The number of halogens is 3. The summed E-state index contributed by atoms with van der Waals surface area (Å²) < 4.78 is 6.67. The molecule has 1 aromatic heterocycles. The minimum absolute atomic E-state index is 0.309. The van der Waals surface area contributed by atoms with E-state index >= 15 is 0 Å². The fourth-order valence-corrected chi connectivity index (χ4v) is 2.61. The summed E-state index contributed by atoms with van der Waals surface area (Å²) in [4.78, 5) is 12.0. The smallest absolute Gasteiger partial charge is 0.271 e. The van der Waals surface area contributed by atoms with Crippen LogP contribution in [0.5, 0.6) is 0 Å². The van der Waals surface area contributed by atoms with Gasteiger partial charge < -0.3 is 4.42 Å². The van der Waals surface area contributed by atoms with Gasteiger partial charge in [-0.25, -0.2) is 5.43 Å². The number of benzene rings is 2. The second kappa shape index (κ2) is 7.87. The molecule has 0 spiro atoms. The third kappa shape index (κ3) is 4.51. The van der Waals surface area contributed by atoms with Crippen LogP contribution in [0.1, 0.15) is 16.1 Å². The summed E-state index contributed by atoms with van der Waals surface area (Å²) in [7, 11) is 0. The molecule has 0 atom stereocenters. The largest absolute Gasteiger partial charge is 0.455 e. The maximum Gasteiger partial charge on any atom is 0.271 e. The molecule has 0 aliphatic heterocycles. The van der Waals surface area contributed by atoms with E-state index in [4.69, 9.17) is 27.6 Å². The number of nitrogens with zero attached hydrogens (tertiary/aromatic N) is 1. The number of furan rings is 1. The lowest BCUT2D eigenvalue weighted by molar-refractivity contribution is 0.0955. The molecule has 126 valence electrons. The Morgan fingerprint density at radius 3 is 2.52 bits per heavy atom. The molecule has 0 saturated carbocycles. The van der Waals surface area contributed by atoms with Crippen LogP contribution in [0.2, 0.25) is 10.0 Å². The number of nitrogens with one attached hydrogen (secondary N) is 1. The van der Waals surface area contributed by atoms with Crippen molar-refractivity contribution < 1.29 is 9.21 Å².